The van der Waals surface area contributed by atoms with Gasteiger partial charge in [0.25, 0.3) is 0 Å². The van der Waals surface area contributed by atoms with Crippen molar-refractivity contribution in [2.45, 2.75) is 38.1 Å². The number of aliphatic hydroxyl groups is 1. The highest BCUT2D eigenvalue weighted by Gasteiger charge is 2.45. The van der Waals surface area contributed by atoms with Crippen LogP contribution in [0.1, 0.15) is 26.3 Å². The zero-order valence-corrected chi connectivity index (χ0v) is 12.5. The third-order valence-electron chi connectivity index (χ3n) is 4.07. The first-order chi connectivity index (χ1) is 9.82. The topological polar surface area (TPSA) is 41.5 Å². The van der Waals surface area contributed by atoms with E-state index in [9.17, 15) is 9.50 Å². The Balaban J connectivity index is 2.07. The van der Waals surface area contributed by atoms with Crippen LogP contribution in [0.15, 0.2) is 36.4 Å². The molecule has 0 spiro atoms. The van der Waals surface area contributed by atoms with E-state index in [-0.39, 0.29) is 17.4 Å². The van der Waals surface area contributed by atoms with Crippen LogP contribution in [0.3, 0.4) is 0 Å². The van der Waals surface area contributed by atoms with Crippen molar-refractivity contribution in [3.63, 3.8) is 0 Å². The van der Waals surface area contributed by atoms with Gasteiger partial charge in [-0.2, -0.15) is 0 Å². The lowest BCUT2D eigenvalue weighted by atomic mass is 9.91. The molecule has 1 fully saturated rings. The molecule has 0 bridgehead atoms. The first-order valence-electron chi connectivity index (χ1n) is 7.15. The summed E-state index contributed by atoms with van der Waals surface area (Å²) < 4.78 is 20.0. The van der Waals surface area contributed by atoms with Gasteiger partial charge in [-0.15, -0.1) is 0 Å². The van der Waals surface area contributed by atoms with Gasteiger partial charge in [0.05, 0.1) is 12.6 Å². The van der Waals surface area contributed by atoms with Crippen LogP contribution in [-0.4, -0.2) is 23.3 Å². The van der Waals surface area contributed by atoms with Crippen molar-refractivity contribution < 1.29 is 14.2 Å². The van der Waals surface area contributed by atoms with E-state index >= 15 is 0 Å². The number of halogens is 1. The van der Waals surface area contributed by atoms with Gasteiger partial charge >= 0.3 is 0 Å². The Bertz CT molecular complexity index is 686. The SMILES string of the molecule is CC1NC(C)(C)COC1(O)c1cc(F)c2ccccc2c1. The molecule has 3 nitrogen and oxygen atoms in total. The molecule has 2 N–H and O–H groups in total. The Morgan fingerprint density at radius 2 is 2.00 bits per heavy atom. The van der Waals surface area contributed by atoms with Crippen molar-refractivity contribution in [3.05, 3.63) is 47.8 Å². The second kappa shape index (κ2) is 4.77. The molecule has 1 aliphatic rings. The number of hydrogen-bond donors (Lipinski definition) is 2. The van der Waals surface area contributed by atoms with Crippen molar-refractivity contribution in [3.8, 4) is 0 Å². The fourth-order valence-corrected chi connectivity index (χ4v) is 2.95. The largest absolute Gasteiger partial charge is 0.361 e. The molecule has 2 atom stereocenters. The van der Waals surface area contributed by atoms with Gasteiger partial charge in [0.15, 0.2) is 0 Å². The summed E-state index contributed by atoms with van der Waals surface area (Å²) in [6.45, 7) is 6.20. The number of benzene rings is 2. The molecule has 2 aromatic carbocycles. The van der Waals surface area contributed by atoms with Gasteiger partial charge < -0.3 is 15.2 Å². The standard InChI is InChI=1S/C17H20FNO2/c1-11-17(20,21-10-16(2,3)19-11)13-8-12-6-4-5-7-14(12)15(18)9-13/h4-9,11,19-20H,10H2,1-3H3. The highest BCUT2D eigenvalue weighted by atomic mass is 19.1. The van der Waals surface area contributed by atoms with Gasteiger partial charge in [0.1, 0.15) is 5.82 Å². The molecule has 0 amide bonds. The lowest BCUT2D eigenvalue weighted by Gasteiger charge is -2.46. The predicted octanol–water partition coefficient (Wildman–Crippen LogP) is 2.91. The second-order valence-electron chi connectivity index (χ2n) is 6.41. The van der Waals surface area contributed by atoms with Gasteiger partial charge in [0.2, 0.25) is 5.79 Å². The van der Waals surface area contributed by atoms with Crippen molar-refractivity contribution in [1.29, 1.82) is 0 Å². The molecule has 1 saturated heterocycles. The molecule has 0 aliphatic carbocycles. The zero-order chi connectivity index (χ0) is 15.3. The number of fused-ring (bicyclic) bond motifs is 1. The van der Waals surface area contributed by atoms with Crippen LogP contribution in [0.5, 0.6) is 0 Å². The molecule has 21 heavy (non-hydrogen) atoms. The minimum Gasteiger partial charge on any atom is -0.361 e. The molecule has 1 heterocycles. The van der Waals surface area contributed by atoms with Crippen molar-refractivity contribution in [1.82, 2.24) is 5.32 Å². The van der Waals surface area contributed by atoms with E-state index in [2.05, 4.69) is 5.32 Å². The maximum atomic E-state index is 14.3. The summed E-state index contributed by atoms with van der Waals surface area (Å²) in [5.41, 5.74) is 0.218. The number of hydrogen-bond acceptors (Lipinski definition) is 3. The van der Waals surface area contributed by atoms with Gasteiger partial charge in [-0.1, -0.05) is 24.3 Å². The average molecular weight is 289 g/mol. The van der Waals surface area contributed by atoms with Crippen molar-refractivity contribution in [2.75, 3.05) is 6.61 Å². The van der Waals surface area contributed by atoms with E-state index in [0.29, 0.717) is 17.6 Å². The zero-order valence-electron chi connectivity index (χ0n) is 12.5. The van der Waals surface area contributed by atoms with E-state index in [1.807, 2.05) is 32.9 Å². The van der Waals surface area contributed by atoms with E-state index in [0.717, 1.165) is 5.39 Å². The number of rotatable bonds is 1. The Kier molecular flexibility index (Phi) is 3.28. The summed E-state index contributed by atoms with van der Waals surface area (Å²) in [5.74, 6) is -1.88. The van der Waals surface area contributed by atoms with Gasteiger partial charge in [-0.05, 0) is 38.3 Å². The molecular formula is C17H20FNO2. The Morgan fingerprint density at radius 1 is 1.29 bits per heavy atom. The van der Waals surface area contributed by atoms with Crippen LogP contribution < -0.4 is 5.32 Å². The fraction of sp³-hybridized carbons (Fsp3) is 0.412. The molecule has 2 unspecified atom stereocenters. The minimum atomic E-state index is -1.53. The molecule has 0 radical (unpaired) electrons. The highest BCUT2D eigenvalue weighted by molar-refractivity contribution is 5.83. The Hall–Kier alpha value is -1.49. The highest BCUT2D eigenvalue weighted by Crippen LogP contribution is 2.35. The van der Waals surface area contributed by atoms with Crippen LogP contribution in [0.2, 0.25) is 0 Å². The van der Waals surface area contributed by atoms with E-state index < -0.39 is 5.79 Å². The molecule has 1 aliphatic heterocycles. The van der Waals surface area contributed by atoms with E-state index in [1.54, 1.807) is 18.2 Å². The summed E-state index contributed by atoms with van der Waals surface area (Å²) >= 11 is 0. The second-order valence-corrected chi connectivity index (χ2v) is 6.41. The molecule has 112 valence electrons. The van der Waals surface area contributed by atoms with Gasteiger partial charge in [-0.3, -0.25) is 0 Å². The van der Waals surface area contributed by atoms with Crippen molar-refractivity contribution in [2.24, 2.45) is 0 Å². The molecule has 0 saturated carbocycles. The number of nitrogens with one attached hydrogen (secondary N) is 1. The van der Waals surface area contributed by atoms with E-state index in [1.165, 1.54) is 6.07 Å². The molecule has 2 aromatic rings. The maximum absolute atomic E-state index is 14.3. The van der Waals surface area contributed by atoms with Crippen LogP contribution in [-0.2, 0) is 10.5 Å². The molecular weight excluding hydrogens is 269 g/mol. The lowest BCUT2D eigenvalue weighted by Crippen LogP contribution is -2.63. The summed E-state index contributed by atoms with van der Waals surface area (Å²) in [5, 5.41) is 15.5. The first kappa shape index (κ1) is 14.4. The fourth-order valence-electron chi connectivity index (χ4n) is 2.95. The monoisotopic (exact) mass is 289 g/mol. The predicted molar refractivity (Wildman–Crippen MR) is 80.4 cm³/mol. The van der Waals surface area contributed by atoms with Gasteiger partial charge in [-0.25, -0.2) is 4.39 Å². The Morgan fingerprint density at radius 3 is 2.71 bits per heavy atom. The lowest BCUT2D eigenvalue weighted by molar-refractivity contribution is -0.263. The third kappa shape index (κ3) is 2.44. The van der Waals surface area contributed by atoms with Crippen LogP contribution >= 0.6 is 0 Å². The van der Waals surface area contributed by atoms with Crippen molar-refractivity contribution >= 4 is 10.8 Å². The summed E-state index contributed by atoms with van der Waals surface area (Å²) in [7, 11) is 0. The summed E-state index contributed by atoms with van der Waals surface area (Å²) in [4.78, 5) is 0. The third-order valence-corrected chi connectivity index (χ3v) is 4.07. The summed E-state index contributed by atoms with van der Waals surface area (Å²) in [6.07, 6.45) is 0. The first-order valence-corrected chi connectivity index (χ1v) is 7.15. The Labute approximate surface area is 123 Å². The quantitative estimate of drug-likeness (QED) is 0.848. The molecule has 0 aromatic heterocycles. The number of morpholine rings is 1. The summed E-state index contributed by atoms with van der Waals surface area (Å²) in [6, 6.07) is 10.0. The number of ether oxygens (including phenoxy) is 1. The van der Waals surface area contributed by atoms with Crippen LogP contribution in [0.4, 0.5) is 4.39 Å². The maximum Gasteiger partial charge on any atom is 0.208 e. The van der Waals surface area contributed by atoms with Crippen LogP contribution in [0.25, 0.3) is 10.8 Å². The van der Waals surface area contributed by atoms with Gasteiger partial charge in [0, 0.05) is 16.5 Å². The molecule has 4 heteroatoms. The minimum absolute atomic E-state index is 0.221. The van der Waals surface area contributed by atoms with Crippen LogP contribution in [0, 0.1) is 5.82 Å². The van der Waals surface area contributed by atoms with E-state index in [4.69, 9.17) is 4.74 Å². The normalized spacial score (nSPS) is 28.7. The average Bonchev–Trinajstić information content (AvgIpc) is 2.43. The smallest absolute Gasteiger partial charge is 0.208 e. The molecule has 3 rings (SSSR count).